The molecule has 37 heavy (non-hydrogen) atoms. The van der Waals surface area contributed by atoms with E-state index in [1.165, 1.54) is 11.1 Å². The van der Waals surface area contributed by atoms with Crippen molar-refractivity contribution in [3.05, 3.63) is 89.5 Å². The van der Waals surface area contributed by atoms with Gasteiger partial charge in [-0.25, -0.2) is 0 Å². The lowest BCUT2D eigenvalue weighted by molar-refractivity contribution is -0.118. The van der Waals surface area contributed by atoms with Gasteiger partial charge in [0.2, 0.25) is 0 Å². The summed E-state index contributed by atoms with van der Waals surface area (Å²) in [6, 6.07) is 23.7. The summed E-state index contributed by atoms with van der Waals surface area (Å²) in [7, 11) is 0. The molecule has 1 N–H and O–H groups in total. The summed E-state index contributed by atoms with van der Waals surface area (Å²) in [5, 5.41) is 2.89. The van der Waals surface area contributed by atoms with Crippen molar-refractivity contribution in [2.45, 2.75) is 39.5 Å². The zero-order chi connectivity index (χ0) is 26.2. The van der Waals surface area contributed by atoms with E-state index in [1.54, 1.807) is 0 Å². The van der Waals surface area contributed by atoms with Crippen molar-refractivity contribution in [3.8, 4) is 5.75 Å². The fourth-order valence-electron chi connectivity index (χ4n) is 4.46. The average Bonchev–Trinajstić information content (AvgIpc) is 2.96. The Morgan fingerprint density at radius 2 is 1.51 bits per heavy atom. The van der Waals surface area contributed by atoms with Gasteiger partial charge in [0, 0.05) is 43.1 Å². The molecule has 0 spiro atoms. The van der Waals surface area contributed by atoms with Crippen LogP contribution in [0.1, 0.15) is 54.6 Å². The minimum Gasteiger partial charge on any atom is -0.484 e. The van der Waals surface area contributed by atoms with Crippen LogP contribution in [0.3, 0.4) is 0 Å². The smallest absolute Gasteiger partial charge is 0.262 e. The maximum absolute atomic E-state index is 12.8. The molecule has 0 unspecified atom stereocenters. The highest BCUT2D eigenvalue weighted by atomic mass is 16.5. The van der Waals surface area contributed by atoms with Gasteiger partial charge in [0.1, 0.15) is 5.75 Å². The number of ether oxygens (including phenoxy) is 1. The number of piperazine rings is 1. The van der Waals surface area contributed by atoms with E-state index in [2.05, 4.69) is 43.1 Å². The molecule has 1 atom stereocenters. The molecule has 0 radical (unpaired) electrons. The Bertz CT molecular complexity index is 1170. The molecule has 0 aliphatic carbocycles. The summed E-state index contributed by atoms with van der Waals surface area (Å²) < 4.78 is 5.65. The molecule has 194 valence electrons. The third kappa shape index (κ3) is 6.91. The van der Waals surface area contributed by atoms with Crippen LogP contribution in [0.5, 0.6) is 5.75 Å². The van der Waals surface area contributed by atoms with E-state index in [-0.39, 0.29) is 18.4 Å². The lowest BCUT2D eigenvalue weighted by Crippen LogP contribution is -2.48. The van der Waals surface area contributed by atoms with Gasteiger partial charge >= 0.3 is 0 Å². The van der Waals surface area contributed by atoms with Crippen molar-refractivity contribution in [1.29, 1.82) is 0 Å². The van der Waals surface area contributed by atoms with Crippen LogP contribution in [0.4, 0.5) is 11.4 Å². The van der Waals surface area contributed by atoms with Crippen molar-refractivity contribution in [2.24, 2.45) is 0 Å². The SMILES string of the molecule is CCc1ccc(C(=O)N2CCN(c3ccc(NC(=O)COc4ccc([C@@H](C)CC)cc4)cc3)CC2)cc1. The first kappa shape index (κ1) is 26.3. The number of carbonyl (C=O) groups excluding carboxylic acids is 2. The standard InChI is InChI=1S/C31H37N3O3/c1-4-23(3)25-10-16-29(17-11-25)37-22-30(35)32-27-12-14-28(15-13-27)33-18-20-34(21-19-33)31(36)26-8-6-24(5-2)7-9-26/h6-17,23H,4-5,18-22H2,1-3H3,(H,32,35)/t23-/m0/s1. The Balaban J connectivity index is 1.23. The van der Waals surface area contributed by atoms with Gasteiger partial charge in [0.25, 0.3) is 11.8 Å². The first-order chi connectivity index (χ1) is 18.0. The van der Waals surface area contributed by atoms with Crippen LogP contribution < -0.4 is 15.0 Å². The Labute approximate surface area is 220 Å². The topological polar surface area (TPSA) is 61.9 Å². The minimum absolute atomic E-state index is 0.0401. The third-order valence-corrected chi connectivity index (χ3v) is 7.12. The first-order valence-corrected chi connectivity index (χ1v) is 13.2. The predicted octanol–water partition coefficient (Wildman–Crippen LogP) is 5.74. The van der Waals surface area contributed by atoms with Crippen LogP contribution >= 0.6 is 0 Å². The summed E-state index contributed by atoms with van der Waals surface area (Å²) in [6.45, 7) is 9.35. The van der Waals surface area contributed by atoms with Gasteiger partial charge in [-0.2, -0.15) is 0 Å². The van der Waals surface area contributed by atoms with Crippen LogP contribution in [-0.2, 0) is 11.2 Å². The minimum atomic E-state index is -0.196. The fourth-order valence-corrected chi connectivity index (χ4v) is 4.46. The zero-order valence-corrected chi connectivity index (χ0v) is 22.1. The summed E-state index contributed by atoms with van der Waals surface area (Å²) in [5.41, 5.74) is 5.07. The van der Waals surface area contributed by atoms with Crippen molar-refractivity contribution >= 4 is 23.2 Å². The monoisotopic (exact) mass is 499 g/mol. The van der Waals surface area contributed by atoms with Crippen LogP contribution in [0, 0.1) is 0 Å². The number of anilines is 2. The van der Waals surface area contributed by atoms with Gasteiger partial charge in [-0.05, 0) is 78.4 Å². The normalized spacial score (nSPS) is 14.2. The van der Waals surface area contributed by atoms with E-state index < -0.39 is 0 Å². The fraction of sp³-hybridized carbons (Fsp3) is 0.355. The Kier molecular flexibility index (Phi) is 8.83. The molecule has 4 rings (SSSR count). The molecule has 1 saturated heterocycles. The quantitative estimate of drug-likeness (QED) is 0.408. The van der Waals surface area contributed by atoms with Gasteiger partial charge < -0.3 is 19.9 Å². The van der Waals surface area contributed by atoms with Crippen molar-refractivity contribution < 1.29 is 14.3 Å². The van der Waals surface area contributed by atoms with Crippen molar-refractivity contribution in [3.63, 3.8) is 0 Å². The first-order valence-electron chi connectivity index (χ1n) is 13.2. The molecular weight excluding hydrogens is 462 g/mol. The second-order valence-corrected chi connectivity index (χ2v) is 9.59. The average molecular weight is 500 g/mol. The second kappa shape index (κ2) is 12.4. The van der Waals surface area contributed by atoms with Gasteiger partial charge in [-0.1, -0.05) is 45.0 Å². The van der Waals surface area contributed by atoms with E-state index in [0.717, 1.165) is 42.9 Å². The number of carbonyl (C=O) groups is 2. The molecule has 1 aliphatic heterocycles. The zero-order valence-electron chi connectivity index (χ0n) is 22.1. The molecule has 0 aromatic heterocycles. The number of hydrogen-bond acceptors (Lipinski definition) is 4. The molecule has 1 fully saturated rings. The second-order valence-electron chi connectivity index (χ2n) is 9.59. The molecule has 2 amide bonds. The molecule has 1 aliphatic rings. The summed E-state index contributed by atoms with van der Waals surface area (Å²) >= 11 is 0. The highest BCUT2D eigenvalue weighted by Crippen LogP contribution is 2.22. The third-order valence-electron chi connectivity index (χ3n) is 7.12. The number of hydrogen-bond donors (Lipinski definition) is 1. The molecule has 3 aromatic rings. The Hall–Kier alpha value is -3.80. The number of nitrogens with zero attached hydrogens (tertiary/aromatic N) is 2. The Morgan fingerprint density at radius 3 is 2.11 bits per heavy atom. The van der Waals surface area contributed by atoms with Gasteiger partial charge in [-0.15, -0.1) is 0 Å². The van der Waals surface area contributed by atoms with Gasteiger partial charge in [0.15, 0.2) is 6.61 Å². The molecule has 0 saturated carbocycles. The maximum atomic E-state index is 12.8. The largest absolute Gasteiger partial charge is 0.484 e. The number of rotatable bonds is 9. The number of amides is 2. The highest BCUT2D eigenvalue weighted by molar-refractivity contribution is 5.94. The summed E-state index contributed by atoms with van der Waals surface area (Å²) in [4.78, 5) is 29.4. The lowest BCUT2D eigenvalue weighted by atomic mass is 9.99. The van der Waals surface area contributed by atoms with E-state index in [1.807, 2.05) is 65.6 Å². The van der Waals surface area contributed by atoms with Gasteiger partial charge in [-0.3, -0.25) is 9.59 Å². The lowest BCUT2D eigenvalue weighted by Gasteiger charge is -2.36. The van der Waals surface area contributed by atoms with E-state index in [0.29, 0.717) is 24.8 Å². The molecule has 3 aromatic carbocycles. The van der Waals surface area contributed by atoms with Crippen LogP contribution in [0.2, 0.25) is 0 Å². The van der Waals surface area contributed by atoms with Gasteiger partial charge in [0.05, 0.1) is 0 Å². The molecule has 6 heteroatoms. The molecular formula is C31H37N3O3. The highest BCUT2D eigenvalue weighted by Gasteiger charge is 2.22. The van der Waals surface area contributed by atoms with Crippen molar-refractivity contribution in [2.75, 3.05) is 43.0 Å². The van der Waals surface area contributed by atoms with E-state index in [4.69, 9.17) is 4.74 Å². The Morgan fingerprint density at radius 1 is 0.865 bits per heavy atom. The van der Waals surface area contributed by atoms with Crippen LogP contribution in [-0.4, -0.2) is 49.5 Å². The molecule has 1 heterocycles. The number of benzene rings is 3. The van der Waals surface area contributed by atoms with Crippen LogP contribution in [0.15, 0.2) is 72.8 Å². The summed E-state index contributed by atoms with van der Waals surface area (Å²) in [6.07, 6.45) is 2.06. The molecule has 6 nitrogen and oxygen atoms in total. The number of aryl methyl sites for hydroxylation is 1. The van der Waals surface area contributed by atoms with E-state index >= 15 is 0 Å². The van der Waals surface area contributed by atoms with Crippen molar-refractivity contribution in [1.82, 2.24) is 4.90 Å². The summed E-state index contributed by atoms with van der Waals surface area (Å²) in [5.74, 6) is 1.09. The van der Waals surface area contributed by atoms with Crippen LogP contribution in [0.25, 0.3) is 0 Å². The maximum Gasteiger partial charge on any atom is 0.262 e. The number of nitrogens with one attached hydrogen (secondary N) is 1. The predicted molar refractivity (Wildman–Crippen MR) is 150 cm³/mol. The molecule has 0 bridgehead atoms. The van der Waals surface area contributed by atoms with E-state index in [9.17, 15) is 9.59 Å².